The number of fused-ring (bicyclic) bond motifs is 1. The molecule has 0 fully saturated rings. The molecule has 1 atom stereocenters. The van der Waals surface area contributed by atoms with E-state index in [4.69, 9.17) is 9.84 Å². The second-order valence-electron chi connectivity index (χ2n) is 4.51. The first-order valence-corrected chi connectivity index (χ1v) is 6.14. The molecule has 96 valence electrons. The molecular formula is C15H13NO3. The Balaban J connectivity index is 1.90. The molecule has 0 aliphatic carbocycles. The summed E-state index contributed by atoms with van der Waals surface area (Å²) < 4.78 is 5.42. The maximum atomic E-state index is 12.3. The van der Waals surface area contributed by atoms with Crippen LogP contribution in [0.1, 0.15) is 21.5 Å². The Hall–Kier alpha value is -2.20. The maximum absolute atomic E-state index is 12.3. The molecule has 0 saturated heterocycles. The molecule has 1 N–H and O–H groups in total. The van der Waals surface area contributed by atoms with Crippen molar-refractivity contribution >= 4 is 5.78 Å². The molecule has 0 saturated carbocycles. The molecule has 1 aliphatic heterocycles. The van der Waals surface area contributed by atoms with Crippen LogP contribution in [0.5, 0.6) is 5.88 Å². The van der Waals surface area contributed by atoms with Crippen molar-refractivity contribution in [3.8, 4) is 5.88 Å². The zero-order valence-electron chi connectivity index (χ0n) is 10.2. The summed E-state index contributed by atoms with van der Waals surface area (Å²) in [6, 6.07) is 10.9. The highest BCUT2D eigenvalue weighted by Crippen LogP contribution is 2.27. The van der Waals surface area contributed by atoms with E-state index in [1.165, 1.54) is 6.20 Å². The van der Waals surface area contributed by atoms with Gasteiger partial charge in [-0.25, -0.2) is 4.98 Å². The van der Waals surface area contributed by atoms with Crippen molar-refractivity contribution in [2.24, 2.45) is 0 Å². The van der Waals surface area contributed by atoms with Gasteiger partial charge in [-0.05, 0) is 6.07 Å². The maximum Gasteiger partial charge on any atom is 0.217 e. The Labute approximate surface area is 110 Å². The van der Waals surface area contributed by atoms with E-state index in [2.05, 4.69) is 4.98 Å². The number of ketones is 1. The quantitative estimate of drug-likeness (QED) is 0.846. The van der Waals surface area contributed by atoms with E-state index in [1.807, 2.05) is 18.2 Å². The van der Waals surface area contributed by atoms with E-state index in [-0.39, 0.29) is 18.5 Å². The summed E-state index contributed by atoms with van der Waals surface area (Å²) in [4.78, 5) is 16.4. The van der Waals surface area contributed by atoms with Crippen LogP contribution in [0.3, 0.4) is 0 Å². The number of carbonyl (C=O) groups is 1. The molecule has 1 unspecified atom stereocenters. The first kappa shape index (κ1) is 11.9. The van der Waals surface area contributed by atoms with Gasteiger partial charge in [-0.1, -0.05) is 30.3 Å². The predicted molar refractivity (Wildman–Crippen MR) is 69.3 cm³/mol. The van der Waals surface area contributed by atoms with Crippen LogP contribution >= 0.6 is 0 Å². The van der Waals surface area contributed by atoms with Gasteiger partial charge in [0.05, 0.1) is 6.61 Å². The third-order valence-electron chi connectivity index (χ3n) is 3.15. The van der Waals surface area contributed by atoms with Crippen molar-refractivity contribution in [1.29, 1.82) is 0 Å². The van der Waals surface area contributed by atoms with E-state index >= 15 is 0 Å². The van der Waals surface area contributed by atoms with Gasteiger partial charge in [-0.15, -0.1) is 0 Å². The number of carbonyl (C=O) groups excluding carboxylic acids is 1. The Morgan fingerprint density at radius 1 is 1.32 bits per heavy atom. The summed E-state index contributed by atoms with van der Waals surface area (Å²) in [6.45, 7) is -0.0433. The van der Waals surface area contributed by atoms with Crippen LogP contribution in [0, 0.1) is 0 Å². The molecule has 1 aromatic heterocycles. The van der Waals surface area contributed by atoms with Crippen LogP contribution in [0.15, 0.2) is 42.6 Å². The third kappa shape index (κ3) is 2.22. The number of aromatic nitrogens is 1. The Kier molecular flexibility index (Phi) is 3.01. The fourth-order valence-electron chi connectivity index (χ4n) is 2.18. The van der Waals surface area contributed by atoms with Gasteiger partial charge < -0.3 is 9.84 Å². The van der Waals surface area contributed by atoms with E-state index < -0.39 is 0 Å². The van der Waals surface area contributed by atoms with Gasteiger partial charge in [-0.2, -0.15) is 0 Å². The van der Waals surface area contributed by atoms with Crippen LogP contribution < -0.4 is 4.74 Å². The predicted octanol–water partition coefficient (Wildman–Crippen LogP) is 1.61. The standard InChI is InChI=1S/C15H13NO3/c17-9-13-7-11-6-12(8-16-15(11)19-13)14(18)10-4-2-1-3-5-10/h1-6,8,13,17H,7,9H2. The summed E-state index contributed by atoms with van der Waals surface area (Å²) in [5.74, 6) is 0.465. The Bertz CT molecular complexity index is 610. The molecule has 4 nitrogen and oxygen atoms in total. The zero-order valence-corrected chi connectivity index (χ0v) is 10.2. The number of aliphatic hydroxyl groups is 1. The van der Waals surface area contributed by atoms with Crippen molar-refractivity contribution in [2.45, 2.75) is 12.5 Å². The lowest BCUT2D eigenvalue weighted by atomic mass is 10.0. The average Bonchev–Trinajstić information content (AvgIpc) is 2.89. The van der Waals surface area contributed by atoms with Crippen LogP contribution in [0.2, 0.25) is 0 Å². The lowest BCUT2D eigenvalue weighted by molar-refractivity contribution is 0.103. The lowest BCUT2D eigenvalue weighted by Crippen LogP contribution is -2.17. The Morgan fingerprint density at radius 3 is 2.84 bits per heavy atom. The molecule has 3 rings (SSSR count). The molecule has 2 heterocycles. The number of aliphatic hydroxyl groups excluding tert-OH is 1. The SMILES string of the molecule is O=C(c1ccccc1)c1cnc2c(c1)CC(CO)O2. The van der Waals surface area contributed by atoms with Gasteiger partial charge in [0.2, 0.25) is 5.88 Å². The van der Waals surface area contributed by atoms with Crippen molar-refractivity contribution < 1.29 is 14.6 Å². The van der Waals surface area contributed by atoms with E-state index in [0.717, 1.165) is 5.56 Å². The second-order valence-corrected chi connectivity index (χ2v) is 4.51. The minimum absolute atomic E-state index is 0.0433. The summed E-state index contributed by atoms with van der Waals surface area (Å²) in [7, 11) is 0. The fourth-order valence-corrected chi connectivity index (χ4v) is 2.18. The molecule has 0 bridgehead atoms. The number of ether oxygens (including phenoxy) is 1. The molecular weight excluding hydrogens is 242 g/mol. The molecule has 0 amide bonds. The number of nitrogens with zero attached hydrogens (tertiary/aromatic N) is 1. The molecule has 19 heavy (non-hydrogen) atoms. The van der Waals surface area contributed by atoms with Gasteiger partial charge in [0.15, 0.2) is 5.78 Å². The fraction of sp³-hybridized carbons (Fsp3) is 0.200. The van der Waals surface area contributed by atoms with Crippen LogP contribution in [-0.4, -0.2) is 28.6 Å². The van der Waals surface area contributed by atoms with Gasteiger partial charge in [-0.3, -0.25) is 4.79 Å². The number of rotatable bonds is 3. The first-order valence-electron chi connectivity index (χ1n) is 6.14. The number of hydrogen-bond donors (Lipinski definition) is 1. The minimum Gasteiger partial charge on any atom is -0.471 e. The largest absolute Gasteiger partial charge is 0.471 e. The molecule has 1 aliphatic rings. The lowest BCUT2D eigenvalue weighted by Gasteiger charge is -2.04. The van der Waals surface area contributed by atoms with E-state index in [1.54, 1.807) is 18.2 Å². The number of pyridine rings is 1. The number of benzene rings is 1. The summed E-state index contributed by atoms with van der Waals surface area (Å²) in [5, 5.41) is 9.07. The molecule has 1 aromatic carbocycles. The molecule has 0 spiro atoms. The number of hydrogen-bond acceptors (Lipinski definition) is 4. The van der Waals surface area contributed by atoms with Crippen molar-refractivity contribution in [1.82, 2.24) is 4.98 Å². The van der Waals surface area contributed by atoms with Crippen molar-refractivity contribution in [3.05, 3.63) is 59.3 Å². The van der Waals surface area contributed by atoms with Gasteiger partial charge in [0.25, 0.3) is 0 Å². The first-order chi connectivity index (χ1) is 9.28. The van der Waals surface area contributed by atoms with Crippen LogP contribution in [-0.2, 0) is 6.42 Å². The van der Waals surface area contributed by atoms with Crippen molar-refractivity contribution in [3.63, 3.8) is 0 Å². The normalized spacial score (nSPS) is 16.8. The molecule has 2 aromatic rings. The van der Waals surface area contributed by atoms with E-state index in [0.29, 0.717) is 23.4 Å². The zero-order chi connectivity index (χ0) is 13.2. The topological polar surface area (TPSA) is 59.4 Å². The molecule has 4 heteroatoms. The van der Waals surface area contributed by atoms with Crippen LogP contribution in [0.25, 0.3) is 0 Å². The molecule has 0 radical (unpaired) electrons. The smallest absolute Gasteiger partial charge is 0.217 e. The van der Waals surface area contributed by atoms with Gasteiger partial charge in [0, 0.05) is 29.3 Å². The minimum atomic E-state index is -0.246. The third-order valence-corrected chi connectivity index (χ3v) is 3.15. The Morgan fingerprint density at radius 2 is 2.11 bits per heavy atom. The monoisotopic (exact) mass is 255 g/mol. The highest BCUT2D eigenvalue weighted by Gasteiger charge is 2.24. The highest BCUT2D eigenvalue weighted by molar-refractivity contribution is 6.08. The average molecular weight is 255 g/mol. The second kappa shape index (κ2) is 4.82. The highest BCUT2D eigenvalue weighted by atomic mass is 16.5. The van der Waals surface area contributed by atoms with Gasteiger partial charge in [0.1, 0.15) is 6.10 Å². The summed E-state index contributed by atoms with van der Waals surface area (Å²) in [5.41, 5.74) is 2.06. The van der Waals surface area contributed by atoms with Crippen molar-refractivity contribution in [2.75, 3.05) is 6.61 Å². The summed E-state index contributed by atoms with van der Waals surface area (Å²) in [6.07, 6.45) is 1.87. The van der Waals surface area contributed by atoms with E-state index in [9.17, 15) is 4.79 Å². The van der Waals surface area contributed by atoms with Gasteiger partial charge >= 0.3 is 0 Å². The summed E-state index contributed by atoms with van der Waals surface area (Å²) >= 11 is 0. The van der Waals surface area contributed by atoms with Crippen LogP contribution in [0.4, 0.5) is 0 Å².